The molecule has 1 rings (SSSR count). The zero-order chi connectivity index (χ0) is 9.30. The van der Waals surface area contributed by atoms with Crippen LogP contribution in [-0.2, 0) is 32.7 Å². The van der Waals surface area contributed by atoms with Crippen LogP contribution < -0.4 is 0 Å². The SMILES string of the molecule is C=C1C(Cl)=CC(C)=[C-]N1N(C)C.[Y]. The van der Waals surface area contributed by atoms with Crippen LogP contribution in [0.1, 0.15) is 6.92 Å². The molecule has 69 valence electrons. The number of nitrogens with zero attached hydrogens (tertiary/aromatic N) is 2. The molecule has 0 saturated heterocycles. The van der Waals surface area contributed by atoms with Crippen LogP contribution in [0.4, 0.5) is 0 Å². The molecule has 0 N–H and O–H groups in total. The van der Waals surface area contributed by atoms with E-state index in [1.54, 1.807) is 5.01 Å². The van der Waals surface area contributed by atoms with E-state index < -0.39 is 0 Å². The molecule has 1 aliphatic heterocycles. The molecule has 2 nitrogen and oxygen atoms in total. The van der Waals surface area contributed by atoms with Crippen molar-refractivity contribution >= 4 is 11.6 Å². The van der Waals surface area contributed by atoms with Crippen molar-refractivity contribution in [3.8, 4) is 0 Å². The van der Waals surface area contributed by atoms with Gasteiger partial charge >= 0.3 is 0 Å². The van der Waals surface area contributed by atoms with Crippen molar-refractivity contribution < 1.29 is 32.7 Å². The Labute approximate surface area is 110 Å². The first-order valence-electron chi connectivity index (χ1n) is 3.66. The van der Waals surface area contributed by atoms with Gasteiger partial charge in [-0.25, -0.2) is 5.01 Å². The van der Waals surface area contributed by atoms with Gasteiger partial charge in [-0.2, -0.15) is 0 Å². The summed E-state index contributed by atoms with van der Waals surface area (Å²) in [5, 5.41) is 4.33. The Balaban J connectivity index is 0.00000144. The molecule has 0 aromatic heterocycles. The number of hydrazine groups is 1. The van der Waals surface area contributed by atoms with E-state index in [1.165, 1.54) is 0 Å². The first-order chi connectivity index (χ1) is 5.52. The van der Waals surface area contributed by atoms with Crippen LogP contribution in [0.25, 0.3) is 0 Å². The van der Waals surface area contributed by atoms with E-state index in [9.17, 15) is 0 Å². The molecule has 1 aliphatic rings. The molecule has 0 amide bonds. The Bertz CT molecular complexity index is 269. The average Bonchev–Trinajstić information content (AvgIpc) is 1.96. The minimum absolute atomic E-state index is 0. The summed E-state index contributed by atoms with van der Waals surface area (Å²) in [4.78, 5) is 0. The number of hydrogen-bond acceptors (Lipinski definition) is 2. The monoisotopic (exact) mass is 272 g/mol. The van der Waals surface area contributed by atoms with Gasteiger partial charge in [0.25, 0.3) is 0 Å². The summed E-state index contributed by atoms with van der Waals surface area (Å²) < 4.78 is 0. The van der Waals surface area contributed by atoms with Crippen LogP contribution >= 0.6 is 11.6 Å². The Morgan fingerprint density at radius 3 is 2.54 bits per heavy atom. The van der Waals surface area contributed by atoms with Gasteiger partial charge in [0.15, 0.2) is 0 Å². The van der Waals surface area contributed by atoms with E-state index in [4.69, 9.17) is 11.6 Å². The number of rotatable bonds is 1. The molecule has 0 saturated carbocycles. The van der Waals surface area contributed by atoms with Gasteiger partial charge in [0, 0.05) is 46.8 Å². The van der Waals surface area contributed by atoms with Crippen LogP contribution in [0.5, 0.6) is 0 Å². The quantitative estimate of drug-likeness (QED) is 0.675. The molecule has 0 aromatic rings. The van der Waals surface area contributed by atoms with Gasteiger partial charge in [0.05, 0.1) is 0 Å². The molecule has 0 atom stereocenters. The minimum Gasteiger partial charge on any atom is -0.389 e. The van der Waals surface area contributed by atoms with Crippen LogP contribution in [-0.4, -0.2) is 24.1 Å². The topological polar surface area (TPSA) is 6.48 Å². The summed E-state index contributed by atoms with van der Waals surface area (Å²) in [7, 11) is 3.84. The van der Waals surface area contributed by atoms with Gasteiger partial charge in [-0.1, -0.05) is 13.1 Å². The second kappa shape index (κ2) is 5.30. The molecule has 13 heavy (non-hydrogen) atoms. The molecule has 0 bridgehead atoms. The molecule has 0 aliphatic carbocycles. The van der Waals surface area contributed by atoms with Crippen LogP contribution in [0, 0.1) is 6.20 Å². The fourth-order valence-corrected chi connectivity index (χ4v) is 1.23. The van der Waals surface area contributed by atoms with Crippen molar-refractivity contribution in [3.05, 3.63) is 35.2 Å². The van der Waals surface area contributed by atoms with Gasteiger partial charge in [-0.05, 0) is 10.7 Å². The molecule has 0 spiro atoms. The average molecular weight is 273 g/mol. The molecule has 0 aromatic carbocycles. The summed E-state index contributed by atoms with van der Waals surface area (Å²) in [6.07, 6.45) is 4.96. The fraction of sp³-hybridized carbons (Fsp3) is 0.333. The maximum Gasteiger partial charge on any atom is 0.00456 e. The van der Waals surface area contributed by atoms with Crippen molar-refractivity contribution in [3.63, 3.8) is 0 Å². The Kier molecular flexibility index (Phi) is 5.46. The normalized spacial score (nSPS) is 16.7. The fourth-order valence-electron chi connectivity index (χ4n) is 0.983. The van der Waals surface area contributed by atoms with Gasteiger partial charge in [0.2, 0.25) is 0 Å². The zero-order valence-electron chi connectivity index (χ0n) is 8.13. The van der Waals surface area contributed by atoms with E-state index in [0.717, 1.165) is 11.3 Å². The zero-order valence-corrected chi connectivity index (χ0v) is 11.7. The molecular formula is C9H12ClN2Y-. The molecule has 1 heterocycles. The largest absolute Gasteiger partial charge is 0.389 e. The van der Waals surface area contributed by atoms with Gasteiger partial charge < -0.3 is 5.01 Å². The predicted octanol–water partition coefficient (Wildman–Crippen LogP) is 2.12. The minimum atomic E-state index is 0. The van der Waals surface area contributed by atoms with Crippen molar-refractivity contribution in [1.82, 2.24) is 10.0 Å². The maximum absolute atomic E-state index is 5.93. The first-order valence-corrected chi connectivity index (χ1v) is 4.04. The Morgan fingerprint density at radius 1 is 1.54 bits per heavy atom. The van der Waals surface area contributed by atoms with Gasteiger partial charge in [-0.3, -0.25) is 0 Å². The predicted molar refractivity (Wildman–Crippen MR) is 51.0 cm³/mol. The smallest absolute Gasteiger partial charge is 0.00456 e. The summed E-state index contributed by atoms with van der Waals surface area (Å²) in [5.74, 6) is 0. The van der Waals surface area contributed by atoms with E-state index >= 15 is 0 Å². The summed E-state index contributed by atoms with van der Waals surface area (Å²) in [6.45, 7) is 5.79. The van der Waals surface area contributed by atoms with Crippen molar-refractivity contribution in [2.45, 2.75) is 6.92 Å². The van der Waals surface area contributed by atoms with Crippen LogP contribution in [0.3, 0.4) is 0 Å². The second-order valence-electron chi connectivity index (χ2n) is 2.89. The Hall–Kier alpha value is 0.374. The van der Waals surface area contributed by atoms with Gasteiger partial charge in [0.1, 0.15) is 0 Å². The van der Waals surface area contributed by atoms with E-state index in [0.29, 0.717) is 5.03 Å². The van der Waals surface area contributed by atoms with E-state index in [-0.39, 0.29) is 32.7 Å². The van der Waals surface area contributed by atoms with Crippen molar-refractivity contribution in [2.24, 2.45) is 0 Å². The number of hydrogen-bond donors (Lipinski definition) is 0. The Morgan fingerprint density at radius 2 is 2.08 bits per heavy atom. The van der Waals surface area contributed by atoms with Crippen LogP contribution in [0.15, 0.2) is 29.0 Å². The molecule has 1 radical (unpaired) electrons. The summed E-state index contributed by atoms with van der Waals surface area (Å²) >= 11 is 5.93. The third-order valence-electron chi connectivity index (χ3n) is 1.56. The number of allylic oxidation sites excluding steroid dienone is 3. The summed E-state index contributed by atoms with van der Waals surface area (Å²) in [5.41, 5.74) is 1.76. The molecule has 0 fully saturated rings. The molecule has 0 unspecified atom stereocenters. The third-order valence-corrected chi connectivity index (χ3v) is 1.88. The molecular weight excluding hydrogens is 260 g/mol. The third kappa shape index (κ3) is 3.21. The standard InChI is InChI=1S/C9H12ClN2.Y/c1-7-5-9(10)8(2)12(6-7)11(3)4;/h5H,2H2,1,3-4H3;/q-1;. The first kappa shape index (κ1) is 13.4. The second-order valence-corrected chi connectivity index (χ2v) is 3.30. The van der Waals surface area contributed by atoms with Gasteiger partial charge in [-0.15, -0.1) is 29.8 Å². The van der Waals surface area contributed by atoms with E-state index in [1.807, 2.05) is 32.1 Å². The van der Waals surface area contributed by atoms with Crippen molar-refractivity contribution in [2.75, 3.05) is 14.1 Å². The maximum atomic E-state index is 5.93. The van der Waals surface area contributed by atoms with E-state index in [2.05, 4.69) is 12.8 Å². The summed E-state index contributed by atoms with van der Waals surface area (Å²) in [6, 6.07) is 0. The van der Waals surface area contributed by atoms with Crippen LogP contribution in [0.2, 0.25) is 0 Å². The molecule has 4 heteroatoms. The van der Waals surface area contributed by atoms with Crippen molar-refractivity contribution in [1.29, 1.82) is 0 Å². The number of halogens is 1.